The topological polar surface area (TPSA) is 82.1 Å². The number of ether oxygens (including phenoxy) is 3. The van der Waals surface area contributed by atoms with Gasteiger partial charge >= 0.3 is 11.9 Å². The SMILES string of the molecule is COCCN(C(C)=O)[C@H](CC(=O)OC)C(=O)OC. The van der Waals surface area contributed by atoms with Gasteiger partial charge in [0.25, 0.3) is 0 Å². The Morgan fingerprint density at radius 3 is 2.11 bits per heavy atom. The number of carbonyl (C=O) groups excluding carboxylic acids is 3. The second kappa shape index (κ2) is 8.46. The number of hydrogen-bond acceptors (Lipinski definition) is 6. The van der Waals surface area contributed by atoms with Crippen molar-refractivity contribution in [3.8, 4) is 0 Å². The Morgan fingerprint density at radius 2 is 1.72 bits per heavy atom. The number of amides is 1. The fourth-order valence-corrected chi connectivity index (χ4v) is 1.42. The third-order valence-corrected chi connectivity index (χ3v) is 2.38. The third kappa shape index (κ3) is 5.13. The van der Waals surface area contributed by atoms with Gasteiger partial charge in [-0.3, -0.25) is 9.59 Å². The Bertz CT molecular complexity index is 304. The molecule has 18 heavy (non-hydrogen) atoms. The molecule has 0 saturated heterocycles. The second-order valence-electron chi connectivity index (χ2n) is 3.52. The van der Waals surface area contributed by atoms with E-state index in [-0.39, 0.29) is 25.5 Å². The molecule has 0 fully saturated rings. The van der Waals surface area contributed by atoms with Gasteiger partial charge in [-0.25, -0.2) is 4.79 Å². The molecular weight excluding hydrogens is 242 g/mol. The normalized spacial score (nSPS) is 11.6. The van der Waals surface area contributed by atoms with E-state index in [2.05, 4.69) is 9.47 Å². The van der Waals surface area contributed by atoms with Crippen LogP contribution in [0.3, 0.4) is 0 Å². The third-order valence-electron chi connectivity index (χ3n) is 2.38. The molecular formula is C11H19NO6. The van der Waals surface area contributed by atoms with Crippen LogP contribution in [0.25, 0.3) is 0 Å². The summed E-state index contributed by atoms with van der Waals surface area (Å²) in [7, 11) is 3.89. The summed E-state index contributed by atoms with van der Waals surface area (Å²) in [5.41, 5.74) is 0. The van der Waals surface area contributed by atoms with Gasteiger partial charge in [0, 0.05) is 20.6 Å². The molecule has 0 rings (SSSR count). The highest BCUT2D eigenvalue weighted by atomic mass is 16.5. The zero-order chi connectivity index (χ0) is 14.1. The van der Waals surface area contributed by atoms with Crippen LogP contribution in [0.1, 0.15) is 13.3 Å². The van der Waals surface area contributed by atoms with Crippen LogP contribution in [0.2, 0.25) is 0 Å². The van der Waals surface area contributed by atoms with Crippen molar-refractivity contribution in [1.29, 1.82) is 0 Å². The van der Waals surface area contributed by atoms with Gasteiger partial charge < -0.3 is 19.1 Å². The fourth-order valence-electron chi connectivity index (χ4n) is 1.42. The van der Waals surface area contributed by atoms with Crippen LogP contribution < -0.4 is 0 Å². The molecule has 0 aliphatic carbocycles. The van der Waals surface area contributed by atoms with E-state index in [1.165, 1.54) is 33.2 Å². The van der Waals surface area contributed by atoms with E-state index in [9.17, 15) is 14.4 Å². The van der Waals surface area contributed by atoms with Gasteiger partial charge in [-0.15, -0.1) is 0 Å². The minimum absolute atomic E-state index is 0.197. The maximum Gasteiger partial charge on any atom is 0.329 e. The van der Waals surface area contributed by atoms with Gasteiger partial charge in [0.1, 0.15) is 6.04 Å². The van der Waals surface area contributed by atoms with Crippen LogP contribution in [0.4, 0.5) is 0 Å². The summed E-state index contributed by atoms with van der Waals surface area (Å²) in [6.45, 7) is 1.76. The summed E-state index contributed by atoms with van der Waals surface area (Å²) in [6, 6.07) is -0.991. The number of rotatable bonds is 7. The largest absolute Gasteiger partial charge is 0.469 e. The van der Waals surface area contributed by atoms with Crippen LogP contribution in [-0.4, -0.2) is 63.3 Å². The zero-order valence-electron chi connectivity index (χ0n) is 11.1. The Balaban J connectivity index is 4.91. The number of nitrogens with zero attached hydrogens (tertiary/aromatic N) is 1. The quantitative estimate of drug-likeness (QED) is 0.579. The van der Waals surface area contributed by atoms with E-state index in [0.29, 0.717) is 0 Å². The van der Waals surface area contributed by atoms with E-state index in [4.69, 9.17) is 4.74 Å². The highest BCUT2D eigenvalue weighted by molar-refractivity contribution is 5.87. The number of esters is 2. The highest BCUT2D eigenvalue weighted by Crippen LogP contribution is 2.08. The predicted molar refractivity (Wildman–Crippen MR) is 61.7 cm³/mol. The van der Waals surface area contributed by atoms with Gasteiger partial charge in [-0.05, 0) is 0 Å². The maximum absolute atomic E-state index is 11.6. The Morgan fingerprint density at radius 1 is 1.11 bits per heavy atom. The molecule has 0 aromatic rings. The molecule has 0 aromatic carbocycles. The molecule has 0 heterocycles. The smallest absolute Gasteiger partial charge is 0.329 e. The molecule has 7 nitrogen and oxygen atoms in total. The fraction of sp³-hybridized carbons (Fsp3) is 0.727. The molecule has 7 heteroatoms. The summed E-state index contributed by atoms with van der Waals surface area (Å²) in [5, 5.41) is 0. The van der Waals surface area contributed by atoms with Crippen LogP contribution >= 0.6 is 0 Å². The van der Waals surface area contributed by atoms with Gasteiger partial charge in [-0.2, -0.15) is 0 Å². The van der Waals surface area contributed by atoms with Crippen molar-refractivity contribution in [1.82, 2.24) is 4.90 Å². The second-order valence-corrected chi connectivity index (χ2v) is 3.52. The lowest BCUT2D eigenvalue weighted by Gasteiger charge is -2.27. The molecule has 0 bridgehead atoms. The van der Waals surface area contributed by atoms with Gasteiger partial charge in [0.05, 0.1) is 27.2 Å². The van der Waals surface area contributed by atoms with Crippen molar-refractivity contribution in [2.24, 2.45) is 0 Å². The number of methoxy groups -OCH3 is 3. The molecule has 0 saturated carbocycles. The van der Waals surface area contributed by atoms with Crippen molar-refractivity contribution in [3.63, 3.8) is 0 Å². The van der Waals surface area contributed by atoms with Gasteiger partial charge in [-0.1, -0.05) is 0 Å². The summed E-state index contributed by atoms with van der Waals surface area (Å²) >= 11 is 0. The molecule has 1 atom stereocenters. The molecule has 0 aliphatic rings. The van der Waals surface area contributed by atoms with Gasteiger partial charge in [0.2, 0.25) is 5.91 Å². The summed E-state index contributed by atoms with van der Waals surface area (Å²) in [4.78, 5) is 35.6. The Kier molecular flexibility index (Phi) is 7.69. The molecule has 0 aliphatic heterocycles. The van der Waals surface area contributed by atoms with Crippen LogP contribution in [-0.2, 0) is 28.6 Å². The van der Waals surface area contributed by atoms with E-state index >= 15 is 0 Å². The first-order valence-corrected chi connectivity index (χ1v) is 5.38. The maximum atomic E-state index is 11.6. The van der Waals surface area contributed by atoms with Crippen LogP contribution in [0, 0.1) is 0 Å². The predicted octanol–water partition coefficient (Wildman–Crippen LogP) is -0.414. The van der Waals surface area contributed by atoms with Crippen molar-refractivity contribution in [2.45, 2.75) is 19.4 Å². The zero-order valence-corrected chi connectivity index (χ0v) is 11.1. The molecule has 104 valence electrons. The van der Waals surface area contributed by atoms with Gasteiger partial charge in [0.15, 0.2) is 0 Å². The minimum Gasteiger partial charge on any atom is -0.469 e. The average molecular weight is 261 g/mol. The lowest BCUT2D eigenvalue weighted by Crippen LogP contribution is -2.47. The minimum atomic E-state index is -0.991. The molecule has 0 unspecified atom stereocenters. The molecule has 0 spiro atoms. The van der Waals surface area contributed by atoms with E-state index in [1.807, 2.05) is 0 Å². The standard InChI is InChI=1S/C11H19NO6/c1-8(13)12(5-6-16-2)9(11(15)18-4)7-10(14)17-3/h9H,5-7H2,1-4H3/t9-/m1/s1. The van der Waals surface area contributed by atoms with E-state index in [1.54, 1.807) is 0 Å². The Labute approximate surface area is 106 Å². The van der Waals surface area contributed by atoms with Crippen molar-refractivity contribution in [3.05, 3.63) is 0 Å². The lowest BCUT2D eigenvalue weighted by atomic mass is 10.1. The number of hydrogen-bond donors (Lipinski definition) is 0. The highest BCUT2D eigenvalue weighted by Gasteiger charge is 2.31. The van der Waals surface area contributed by atoms with Crippen LogP contribution in [0.5, 0.6) is 0 Å². The summed E-state index contributed by atoms with van der Waals surface area (Å²) in [5.74, 6) is -1.59. The van der Waals surface area contributed by atoms with Crippen molar-refractivity contribution >= 4 is 17.8 Å². The van der Waals surface area contributed by atoms with Crippen molar-refractivity contribution < 1.29 is 28.6 Å². The summed E-state index contributed by atoms with van der Waals surface area (Å²) in [6.07, 6.45) is -0.244. The average Bonchev–Trinajstić information content (AvgIpc) is 2.36. The molecule has 0 N–H and O–H groups in total. The lowest BCUT2D eigenvalue weighted by molar-refractivity contribution is -0.157. The first-order valence-electron chi connectivity index (χ1n) is 5.38. The van der Waals surface area contributed by atoms with Crippen LogP contribution in [0.15, 0.2) is 0 Å². The molecule has 0 radical (unpaired) electrons. The molecule has 0 aromatic heterocycles. The first-order chi connectivity index (χ1) is 8.47. The molecule has 1 amide bonds. The first kappa shape index (κ1) is 16.4. The van der Waals surface area contributed by atoms with Crippen molar-refractivity contribution in [2.75, 3.05) is 34.5 Å². The summed E-state index contributed by atoms with van der Waals surface area (Å²) < 4.78 is 13.9. The number of carbonyl (C=O) groups is 3. The van der Waals surface area contributed by atoms with E-state index in [0.717, 1.165) is 0 Å². The van der Waals surface area contributed by atoms with E-state index < -0.39 is 18.0 Å². The Hall–Kier alpha value is -1.63. The monoisotopic (exact) mass is 261 g/mol.